The highest BCUT2D eigenvalue weighted by atomic mass is 35.5. The Labute approximate surface area is 124 Å². The molecule has 0 aliphatic heterocycles. The van der Waals surface area contributed by atoms with Crippen molar-refractivity contribution >= 4 is 11.6 Å². The van der Waals surface area contributed by atoms with Crippen LogP contribution in [0.3, 0.4) is 0 Å². The Hall–Kier alpha value is -1.53. The van der Waals surface area contributed by atoms with Gasteiger partial charge in [0.05, 0.1) is 16.9 Å². The lowest BCUT2D eigenvalue weighted by Crippen LogP contribution is -2.16. The predicted octanol–water partition coefficient (Wildman–Crippen LogP) is 3.85. The van der Waals surface area contributed by atoms with Crippen molar-refractivity contribution in [2.75, 3.05) is 0 Å². The van der Waals surface area contributed by atoms with Crippen molar-refractivity contribution in [2.24, 2.45) is 0 Å². The van der Waals surface area contributed by atoms with Crippen molar-refractivity contribution in [2.45, 2.75) is 31.9 Å². The zero-order valence-electron chi connectivity index (χ0n) is 11.0. The van der Waals surface area contributed by atoms with Crippen LogP contribution in [0.15, 0.2) is 24.4 Å². The van der Waals surface area contributed by atoms with Crippen LogP contribution in [-0.2, 0) is 6.54 Å². The Bertz CT molecular complexity index is 653. The maximum absolute atomic E-state index is 13.5. The maximum Gasteiger partial charge on any atom is 0.280 e. The lowest BCUT2D eigenvalue weighted by molar-refractivity contribution is 0.141. The molecule has 112 valence electrons. The quantitative estimate of drug-likeness (QED) is 0.908. The van der Waals surface area contributed by atoms with E-state index in [0.717, 1.165) is 23.6 Å². The smallest absolute Gasteiger partial charge is 0.280 e. The van der Waals surface area contributed by atoms with Gasteiger partial charge in [0, 0.05) is 24.2 Å². The van der Waals surface area contributed by atoms with Gasteiger partial charge in [0.25, 0.3) is 6.43 Å². The molecule has 1 fully saturated rings. The van der Waals surface area contributed by atoms with Gasteiger partial charge in [-0.15, -0.1) is 0 Å². The lowest BCUT2D eigenvalue weighted by atomic mass is 10.2. The van der Waals surface area contributed by atoms with Crippen LogP contribution in [0.5, 0.6) is 0 Å². The average Bonchev–Trinajstić information content (AvgIpc) is 3.17. The number of hydrogen-bond acceptors (Lipinski definition) is 2. The van der Waals surface area contributed by atoms with E-state index < -0.39 is 12.2 Å². The first-order valence-electron chi connectivity index (χ1n) is 6.60. The molecule has 1 aromatic carbocycles. The Morgan fingerprint density at radius 2 is 2.14 bits per heavy atom. The van der Waals surface area contributed by atoms with Gasteiger partial charge >= 0.3 is 0 Å². The summed E-state index contributed by atoms with van der Waals surface area (Å²) in [5.41, 5.74) is 0.432. The van der Waals surface area contributed by atoms with E-state index in [9.17, 15) is 13.2 Å². The zero-order valence-corrected chi connectivity index (χ0v) is 11.7. The summed E-state index contributed by atoms with van der Waals surface area (Å²) < 4.78 is 41.2. The molecule has 0 bridgehead atoms. The number of alkyl halides is 2. The summed E-state index contributed by atoms with van der Waals surface area (Å²) >= 11 is 5.60. The Morgan fingerprint density at radius 1 is 1.38 bits per heavy atom. The Balaban J connectivity index is 1.94. The summed E-state index contributed by atoms with van der Waals surface area (Å²) in [6.07, 6.45) is 0.840. The highest BCUT2D eigenvalue weighted by Gasteiger charge is 2.24. The first-order chi connectivity index (χ1) is 10.1. The van der Waals surface area contributed by atoms with Crippen LogP contribution in [0.25, 0.3) is 5.69 Å². The molecule has 2 aromatic rings. The van der Waals surface area contributed by atoms with Crippen molar-refractivity contribution in [1.82, 2.24) is 15.1 Å². The van der Waals surface area contributed by atoms with Crippen LogP contribution >= 0.6 is 11.6 Å². The van der Waals surface area contributed by atoms with E-state index >= 15 is 0 Å². The molecule has 3 rings (SSSR count). The standard InChI is InChI=1S/C14H13ClF3N3/c15-11-4-3-10(5-12(11)16)21-13(14(17)18)8(7-20-21)6-19-9-1-2-9/h3-5,7,9,14,19H,1-2,6H2. The minimum absolute atomic E-state index is 0.0554. The molecule has 1 aromatic heterocycles. The van der Waals surface area contributed by atoms with E-state index in [2.05, 4.69) is 10.4 Å². The summed E-state index contributed by atoms with van der Waals surface area (Å²) in [6, 6.07) is 4.29. The van der Waals surface area contributed by atoms with Gasteiger partial charge in [-0.25, -0.2) is 17.9 Å². The van der Waals surface area contributed by atoms with Gasteiger partial charge in [-0.3, -0.25) is 0 Å². The van der Waals surface area contributed by atoms with Crippen molar-refractivity contribution in [3.63, 3.8) is 0 Å². The summed E-state index contributed by atoms with van der Waals surface area (Å²) in [6.45, 7) is 0.334. The van der Waals surface area contributed by atoms with Gasteiger partial charge in [-0.05, 0) is 25.0 Å². The zero-order chi connectivity index (χ0) is 15.0. The second-order valence-electron chi connectivity index (χ2n) is 5.02. The number of benzene rings is 1. The largest absolute Gasteiger partial charge is 0.310 e. The molecule has 21 heavy (non-hydrogen) atoms. The second-order valence-corrected chi connectivity index (χ2v) is 5.43. The van der Waals surface area contributed by atoms with Crippen molar-refractivity contribution in [1.29, 1.82) is 0 Å². The highest BCUT2D eigenvalue weighted by Crippen LogP contribution is 2.28. The molecule has 3 nitrogen and oxygen atoms in total. The second kappa shape index (κ2) is 5.69. The molecule has 0 radical (unpaired) electrons. The highest BCUT2D eigenvalue weighted by molar-refractivity contribution is 6.30. The van der Waals surface area contributed by atoms with Gasteiger partial charge < -0.3 is 5.32 Å². The van der Waals surface area contributed by atoms with Crippen LogP contribution in [0.4, 0.5) is 13.2 Å². The fourth-order valence-corrected chi connectivity index (χ4v) is 2.24. The third kappa shape index (κ3) is 3.06. The molecular weight excluding hydrogens is 303 g/mol. The fourth-order valence-electron chi connectivity index (χ4n) is 2.12. The van der Waals surface area contributed by atoms with Crippen LogP contribution in [0, 0.1) is 5.82 Å². The van der Waals surface area contributed by atoms with E-state index in [-0.39, 0.29) is 16.4 Å². The van der Waals surface area contributed by atoms with Crippen molar-refractivity contribution in [3.05, 3.63) is 46.5 Å². The third-order valence-electron chi connectivity index (χ3n) is 3.40. The van der Waals surface area contributed by atoms with Gasteiger partial charge in [0.15, 0.2) is 0 Å². The first kappa shape index (κ1) is 14.4. The van der Waals surface area contributed by atoms with E-state index in [1.807, 2.05) is 0 Å². The summed E-state index contributed by atoms with van der Waals surface area (Å²) in [5.74, 6) is -0.664. The average molecular weight is 316 g/mol. The molecule has 0 spiro atoms. The molecule has 1 saturated carbocycles. The Morgan fingerprint density at radius 3 is 2.76 bits per heavy atom. The SMILES string of the molecule is Fc1cc(-n2ncc(CNC3CC3)c2C(F)F)ccc1Cl. The first-order valence-corrected chi connectivity index (χ1v) is 6.98. The van der Waals surface area contributed by atoms with Crippen molar-refractivity contribution < 1.29 is 13.2 Å². The maximum atomic E-state index is 13.5. The minimum atomic E-state index is -2.69. The number of hydrogen-bond donors (Lipinski definition) is 1. The summed E-state index contributed by atoms with van der Waals surface area (Å²) in [4.78, 5) is 0. The molecule has 0 saturated heterocycles. The number of nitrogens with one attached hydrogen (secondary N) is 1. The van der Waals surface area contributed by atoms with E-state index in [4.69, 9.17) is 11.6 Å². The van der Waals surface area contributed by atoms with Gasteiger partial charge in [0.1, 0.15) is 11.5 Å². The van der Waals surface area contributed by atoms with E-state index in [1.54, 1.807) is 0 Å². The van der Waals surface area contributed by atoms with Crippen LogP contribution < -0.4 is 5.32 Å². The number of halogens is 4. The minimum Gasteiger partial charge on any atom is -0.310 e. The van der Waals surface area contributed by atoms with Gasteiger partial charge in [-0.2, -0.15) is 5.10 Å². The molecular formula is C14H13ClF3N3. The van der Waals surface area contributed by atoms with Crippen LogP contribution in [-0.4, -0.2) is 15.8 Å². The summed E-state index contributed by atoms with van der Waals surface area (Å²) in [7, 11) is 0. The summed E-state index contributed by atoms with van der Waals surface area (Å²) in [5, 5.41) is 7.08. The number of nitrogens with zero attached hydrogens (tertiary/aromatic N) is 2. The van der Waals surface area contributed by atoms with Gasteiger partial charge in [-0.1, -0.05) is 11.6 Å². The molecule has 0 atom stereocenters. The molecule has 7 heteroatoms. The van der Waals surface area contributed by atoms with Gasteiger partial charge in [0.2, 0.25) is 0 Å². The van der Waals surface area contributed by atoms with Crippen LogP contribution in [0.1, 0.15) is 30.5 Å². The molecule has 1 heterocycles. The number of rotatable bonds is 5. The molecule has 1 N–H and O–H groups in total. The normalized spacial score (nSPS) is 14.9. The molecule has 1 aliphatic rings. The van der Waals surface area contributed by atoms with E-state index in [0.29, 0.717) is 18.2 Å². The topological polar surface area (TPSA) is 29.9 Å². The monoisotopic (exact) mass is 315 g/mol. The molecule has 1 aliphatic carbocycles. The van der Waals surface area contributed by atoms with Crippen molar-refractivity contribution in [3.8, 4) is 5.69 Å². The third-order valence-corrected chi connectivity index (χ3v) is 3.71. The fraction of sp³-hybridized carbons (Fsp3) is 0.357. The lowest BCUT2D eigenvalue weighted by Gasteiger charge is -2.10. The molecule has 0 unspecified atom stereocenters. The molecule has 0 amide bonds. The predicted molar refractivity (Wildman–Crippen MR) is 73.4 cm³/mol. The van der Waals surface area contributed by atoms with E-state index in [1.165, 1.54) is 18.3 Å². The number of aromatic nitrogens is 2. The van der Waals surface area contributed by atoms with Crippen LogP contribution in [0.2, 0.25) is 5.02 Å². The Kier molecular flexibility index (Phi) is 3.91.